The summed E-state index contributed by atoms with van der Waals surface area (Å²) < 4.78 is 27.2. The molecule has 0 amide bonds. The van der Waals surface area contributed by atoms with E-state index in [4.69, 9.17) is 5.73 Å². The van der Waals surface area contributed by atoms with Crippen LogP contribution >= 0.6 is 0 Å². The van der Waals surface area contributed by atoms with Gasteiger partial charge in [0.05, 0.1) is 0 Å². The summed E-state index contributed by atoms with van der Waals surface area (Å²) in [5, 5.41) is 0. The number of benzene rings is 2. The van der Waals surface area contributed by atoms with Gasteiger partial charge in [-0.2, -0.15) is 0 Å². The number of anilines is 1. The van der Waals surface area contributed by atoms with Crippen LogP contribution in [-0.4, -0.2) is 7.05 Å². The highest BCUT2D eigenvalue weighted by Crippen LogP contribution is 2.19. The predicted molar refractivity (Wildman–Crippen MR) is 72.8 cm³/mol. The maximum atomic E-state index is 14.0. The van der Waals surface area contributed by atoms with Crippen molar-refractivity contribution in [3.63, 3.8) is 0 Å². The van der Waals surface area contributed by atoms with Gasteiger partial charge in [0.2, 0.25) is 0 Å². The Morgan fingerprint density at radius 3 is 2.42 bits per heavy atom. The zero-order chi connectivity index (χ0) is 13.8. The fourth-order valence-electron chi connectivity index (χ4n) is 1.97. The SMILES string of the molecule is CN(Cc1cccc(CN)c1F)c1cccc(F)c1. The van der Waals surface area contributed by atoms with Gasteiger partial charge in [0.1, 0.15) is 11.6 Å². The van der Waals surface area contributed by atoms with Gasteiger partial charge in [0.25, 0.3) is 0 Å². The lowest BCUT2D eigenvalue weighted by atomic mass is 10.1. The molecule has 2 N–H and O–H groups in total. The normalized spacial score (nSPS) is 10.5. The van der Waals surface area contributed by atoms with Crippen molar-refractivity contribution in [1.29, 1.82) is 0 Å². The molecule has 0 saturated carbocycles. The quantitative estimate of drug-likeness (QED) is 0.917. The van der Waals surface area contributed by atoms with Gasteiger partial charge in [-0.05, 0) is 18.2 Å². The van der Waals surface area contributed by atoms with Gasteiger partial charge in [-0.1, -0.05) is 24.3 Å². The average Bonchev–Trinajstić information content (AvgIpc) is 2.41. The van der Waals surface area contributed by atoms with Gasteiger partial charge >= 0.3 is 0 Å². The molecule has 100 valence electrons. The number of hydrogen-bond donors (Lipinski definition) is 1. The number of halogens is 2. The monoisotopic (exact) mass is 262 g/mol. The second kappa shape index (κ2) is 5.80. The number of nitrogens with zero attached hydrogens (tertiary/aromatic N) is 1. The van der Waals surface area contributed by atoms with Crippen LogP contribution in [0, 0.1) is 11.6 Å². The van der Waals surface area contributed by atoms with Crippen LogP contribution in [0.3, 0.4) is 0 Å². The van der Waals surface area contributed by atoms with Crippen molar-refractivity contribution in [3.05, 3.63) is 65.2 Å². The zero-order valence-electron chi connectivity index (χ0n) is 10.7. The molecule has 0 heterocycles. The molecular weight excluding hydrogens is 246 g/mol. The smallest absolute Gasteiger partial charge is 0.132 e. The van der Waals surface area contributed by atoms with Crippen molar-refractivity contribution in [3.8, 4) is 0 Å². The molecule has 19 heavy (non-hydrogen) atoms. The van der Waals surface area contributed by atoms with E-state index >= 15 is 0 Å². The average molecular weight is 262 g/mol. The van der Waals surface area contributed by atoms with Crippen molar-refractivity contribution in [2.24, 2.45) is 5.73 Å². The Morgan fingerprint density at radius 1 is 1.05 bits per heavy atom. The molecule has 2 aromatic carbocycles. The first-order valence-corrected chi connectivity index (χ1v) is 6.05. The maximum absolute atomic E-state index is 14.0. The van der Waals surface area contributed by atoms with E-state index < -0.39 is 0 Å². The lowest BCUT2D eigenvalue weighted by molar-refractivity contribution is 0.591. The van der Waals surface area contributed by atoms with Gasteiger partial charge in [0.15, 0.2) is 0 Å². The molecule has 0 radical (unpaired) electrons. The lowest BCUT2D eigenvalue weighted by Gasteiger charge is -2.20. The molecule has 0 spiro atoms. The Morgan fingerprint density at radius 2 is 1.74 bits per heavy atom. The summed E-state index contributed by atoms with van der Waals surface area (Å²) in [7, 11) is 1.79. The predicted octanol–water partition coefficient (Wildman–Crippen LogP) is 3.06. The van der Waals surface area contributed by atoms with E-state index in [1.54, 1.807) is 42.3 Å². The highest BCUT2D eigenvalue weighted by atomic mass is 19.1. The number of nitrogens with two attached hydrogens (primary N) is 1. The first-order chi connectivity index (χ1) is 9.11. The van der Waals surface area contributed by atoms with Crippen LogP contribution in [-0.2, 0) is 13.1 Å². The van der Waals surface area contributed by atoms with Crippen LogP contribution in [0.4, 0.5) is 14.5 Å². The highest BCUT2D eigenvalue weighted by Gasteiger charge is 2.10. The molecule has 0 bridgehead atoms. The molecule has 0 atom stereocenters. The molecule has 0 aliphatic heterocycles. The van der Waals surface area contributed by atoms with Crippen molar-refractivity contribution in [1.82, 2.24) is 0 Å². The van der Waals surface area contributed by atoms with Gasteiger partial charge in [-0.25, -0.2) is 8.78 Å². The van der Waals surface area contributed by atoms with E-state index in [9.17, 15) is 8.78 Å². The summed E-state index contributed by atoms with van der Waals surface area (Å²) in [4.78, 5) is 1.79. The van der Waals surface area contributed by atoms with Gasteiger partial charge < -0.3 is 10.6 Å². The fraction of sp³-hybridized carbons (Fsp3) is 0.200. The highest BCUT2D eigenvalue weighted by molar-refractivity contribution is 5.46. The zero-order valence-corrected chi connectivity index (χ0v) is 10.7. The standard InChI is InChI=1S/C15H16F2N2/c1-19(14-7-3-6-13(16)8-14)10-12-5-2-4-11(9-18)15(12)17/h2-8H,9-10,18H2,1H3. The Hall–Kier alpha value is -1.94. The molecule has 0 unspecified atom stereocenters. The number of hydrogen-bond acceptors (Lipinski definition) is 2. The summed E-state index contributed by atoms with van der Waals surface area (Å²) in [6.45, 7) is 0.534. The van der Waals surface area contributed by atoms with Crippen molar-refractivity contribution >= 4 is 5.69 Å². The summed E-state index contributed by atoms with van der Waals surface area (Å²) in [5.41, 5.74) is 7.23. The van der Waals surface area contributed by atoms with E-state index in [0.717, 1.165) is 0 Å². The molecule has 0 fully saturated rings. The Balaban J connectivity index is 2.21. The second-order valence-corrected chi connectivity index (χ2v) is 4.43. The topological polar surface area (TPSA) is 29.3 Å². The number of rotatable bonds is 4. The minimum atomic E-state index is -0.305. The first kappa shape index (κ1) is 13.5. The molecule has 2 rings (SSSR count). The van der Waals surface area contributed by atoms with E-state index in [0.29, 0.717) is 23.4 Å². The Kier molecular flexibility index (Phi) is 4.12. The van der Waals surface area contributed by atoms with Gasteiger partial charge in [-0.15, -0.1) is 0 Å². The summed E-state index contributed by atoms with van der Waals surface area (Å²) >= 11 is 0. The Labute approximate surface area is 111 Å². The third-order valence-corrected chi connectivity index (χ3v) is 3.04. The van der Waals surface area contributed by atoms with Crippen molar-refractivity contribution in [2.45, 2.75) is 13.1 Å². The van der Waals surface area contributed by atoms with Gasteiger partial charge in [0, 0.05) is 37.0 Å². The fourth-order valence-corrected chi connectivity index (χ4v) is 1.97. The molecule has 2 aromatic rings. The van der Waals surface area contributed by atoms with Crippen LogP contribution in [0.25, 0.3) is 0 Å². The van der Waals surface area contributed by atoms with E-state index in [-0.39, 0.29) is 18.2 Å². The third kappa shape index (κ3) is 3.09. The van der Waals surface area contributed by atoms with Crippen LogP contribution in [0.2, 0.25) is 0 Å². The summed E-state index contributed by atoms with van der Waals surface area (Å²) in [5.74, 6) is -0.589. The second-order valence-electron chi connectivity index (χ2n) is 4.43. The third-order valence-electron chi connectivity index (χ3n) is 3.04. The minimum absolute atomic E-state index is 0.170. The maximum Gasteiger partial charge on any atom is 0.132 e. The summed E-state index contributed by atoms with van der Waals surface area (Å²) in [6.07, 6.45) is 0. The summed E-state index contributed by atoms with van der Waals surface area (Å²) in [6, 6.07) is 11.4. The molecule has 0 aliphatic rings. The molecular formula is C15H16F2N2. The van der Waals surface area contributed by atoms with Crippen LogP contribution in [0.1, 0.15) is 11.1 Å². The van der Waals surface area contributed by atoms with Gasteiger partial charge in [-0.3, -0.25) is 0 Å². The van der Waals surface area contributed by atoms with E-state index in [1.807, 2.05) is 0 Å². The lowest BCUT2D eigenvalue weighted by Crippen LogP contribution is -2.18. The molecule has 0 aliphatic carbocycles. The first-order valence-electron chi connectivity index (χ1n) is 6.05. The van der Waals surface area contributed by atoms with E-state index in [1.165, 1.54) is 12.1 Å². The molecule has 0 aromatic heterocycles. The van der Waals surface area contributed by atoms with Crippen LogP contribution in [0.5, 0.6) is 0 Å². The van der Waals surface area contributed by atoms with Crippen molar-refractivity contribution < 1.29 is 8.78 Å². The van der Waals surface area contributed by atoms with E-state index in [2.05, 4.69) is 0 Å². The molecule has 0 saturated heterocycles. The molecule has 2 nitrogen and oxygen atoms in total. The van der Waals surface area contributed by atoms with Crippen molar-refractivity contribution in [2.75, 3.05) is 11.9 Å². The van der Waals surface area contributed by atoms with Crippen LogP contribution < -0.4 is 10.6 Å². The van der Waals surface area contributed by atoms with Crippen LogP contribution in [0.15, 0.2) is 42.5 Å². The molecule has 4 heteroatoms. The largest absolute Gasteiger partial charge is 0.370 e. The Bertz CT molecular complexity index is 570. The minimum Gasteiger partial charge on any atom is -0.370 e.